The van der Waals surface area contributed by atoms with Crippen LogP contribution in [0.3, 0.4) is 0 Å². The number of benzene rings is 2. The fourth-order valence-electron chi connectivity index (χ4n) is 3.61. The van der Waals surface area contributed by atoms with Gasteiger partial charge in [-0.05, 0) is 37.1 Å². The van der Waals surface area contributed by atoms with Gasteiger partial charge < -0.3 is 19.1 Å². The van der Waals surface area contributed by atoms with Gasteiger partial charge in [-0.15, -0.1) is 0 Å². The third kappa shape index (κ3) is 5.73. The van der Waals surface area contributed by atoms with Crippen molar-refractivity contribution in [1.82, 2.24) is 0 Å². The van der Waals surface area contributed by atoms with Crippen LogP contribution >= 0.6 is 0 Å². The van der Waals surface area contributed by atoms with Gasteiger partial charge in [-0.1, -0.05) is 49.6 Å². The maximum Gasteiger partial charge on any atom is 0.344 e. The summed E-state index contributed by atoms with van der Waals surface area (Å²) in [5.74, 6) is 0.171. The van der Waals surface area contributed by atoms with E-state index in [1.807, 2.05) is 36.4 Å². The summed E-state index contributed by atoms with van der Waals surface area (Å²) in [5, 5.41) is 0. The second kappa shape index (κ2) is 10.5. The van der Waals surface area contributed by atoms with E-state index in [1.54, 1.807) is 23.1 Å². The SMILES string of the molecule is COc1ccccc1OCC(=O)OCC(=O)N(c1ccccc1)C1CCCCC1. The van der Waals surface area contributed by atoms with Gasteiger partial charge >= 0.3 is 5.97 Å². The molecule has 2 aromatic rings. The first kappa shape index (κ1) is 20.7. The standard InChI is InChI=1S/C23H27NO5/c1-27-20-14-8-9-15-21(20)28-17-23(26)29-16-22(25)24(18-10-4-2-5-11-18)19-12-6-3-7-13-19/h2,4-5,8-11,14-15,19H,3,6-7,12-13,16-17H2,1H3. The fourth-order valence-corrected chi connectivity index (χ4v) is 3.61. The van der Waals surface area contributed by atoms with Gasteiger partial charge in [0, 0.05) is 11.7 Å². The van der Waals surface area contributed by atoms with Crippen LogP contribution in [-0.4, -0.2) is 38.2 Å². The van der Waals surface area contributed by atoms with Crippen LogP contribution in [0.5, 0.6) is 11.5 Å². The first-order valence-corrected chi connectivity index (χ1v) is 9.97. The average molecular weight is 397 g/mol. The summed E-state index contributed by atoms with van der Waals surface area (Å²) < 4.78 is 15.8. The minimum Gasteiger partial charge on any atom is -0.493 e. The zero-order valence-corrected chi connectivity index (χ0v) is 16.7. The molecule has 0 aliphatic heterocycles. The summed E-state index contributed by atoms with van der Waals surface area (Å²) in [5.41, 5.74) is 0.839. The molecule has 0 atom stereocenters. The van der Waals surface area contributed by atoms with E-state index in [9.17, 15) is 9.59 Å². The highest BCUT2D eigenvalue weighted by molar-refractivity contribution is 5.95. The largest absolute Gasteiger partial charge is 0.493 e. The molecule has 1 fully saturated rings. The molecule has 1 aliphatic carbocycles. The lowest BCUT2D eigenvalue weighted by Crippen LogP contribution is -2.44. The van der Waals surface area contributed by atoms with E-state index >= 15 is 0 Å². The number of carbonyl (C=O) groups is 2. The topological polar surface area (TPSA) is 65.1 Å². The number of ether oxygens (including phenoxy) is 3. The third-order valence-corrected chi connectivity index (χ3v) is 5.01. The number of rotatable bonds is 8. The van der Waals surface area contributed by atoms with Crippen molar-refractivity contribution in [2.45, 2.75) is 38.1 Å². The molecule has 0 N–H and O–H groups in total. The van der Waals surface area contributed by atoms with Gasteiger partial charge in [0.2, 0.25) is 0 Å². The Labute approximate surface area is 171 Å². The molecule has 0 spiro atoms. The van der Waals surface area contributed by atoms with Crippen LogP contribution in [0, 0.1) is 0 Å². The Balaban J connectivity index is 1.57. The van der Waals surface area contributed by atoms with Gasteiger partial charge in [-0.25, -0.2) is 4.79 Å². The number of methoxy groups -OCH3 is 1. The van der Waals surface area contributed by atoms with E-state index in [2.05, 4.69) is 0 Å². The summed E-state index contributed by atoms with van der Waals surface area (Å²) in [7, 11) is 1.53. The molecule has 6 heteroatoms. The number of amides is 1. The lowest BCUT2D eigenvalue weighted by molar-refractivity contribution is -0.150. The van der Waals surface area contributed by atoms with E-state index in [4.69, 9.17) is 14.2 Å². The number of hydrogen-bond acceptors (Lipinski definition) is 5. The fraction of sp³-hybridized carbons (Fsp3) is 0.391. The summed E-state index contributed by atoms with van der Waals surface area (Å²) in [6.45, 7) is -0.595. The number of esters is 1. The van der Waals surface area contributed by atoms with Crippen LogP contribution in [0.2, 0.25) is 0 Å². The lowest BCUT2D eigenvalue weighted by atomic mass is 9.93. The average Bonchev–Trinajstić information content (AvgIpc) is 2.78. The van der Waals surface area contributed by atoms with E-state index in [-0.39, 0.29) is 25.2 Å². The smallest absolute Gasteiger partial charge is 0.344 e. The molecule has 1 aliphatic rings. The summed E-state index contributed by atoms with van der Waals surface area (Å²) in [6, 6.07) is 16.8. The second-order valence-corrected chi connectivity index (χ2v) is 6.99. The van der Waals surface area contributed by atoms with Crippen LogP contribution in [-0.2, 0) is 14.3 Å². The van der Waals surface area contributed by atoms with Crippen LogP contribution in [0.4, 0.5) is 5.69 Å². The molecular formula is C23H27NO5. The van der Waals surface area contributed by atoms with E-state index < -0.39 is 5.97 Å². The van der Waals surface area contributed by atoms with Crippen molar-refractivity contribution in [2.75, 3.05) is 25.2 Å². The molecule has 154 valence electrons. The van der Waals surface area contributed by atoms with Crippen LogP contribution < -0.4 is 14.4 Å². The van der Waals surface area contributed by atoms with Gasteiger partial charge in [-0.2, -0.15) is 0 Å². The molecular weight excluding hydrogens is 370 g/mol. The summed E-state index contributed by atoms with van der Waals surface area (Å²) >= 11 is 0. The van der Waals surface area contributed by atoms with Crippen molar-refractivity contribution in [1.29, 1.82) is 0 Å². The van der Waals surface area contributed by atoms with Crippen molar-refractivity contribution in [3.8, 4) is 11.5 Å². The molecule has 0 aromatic heterocycles. The number of nitrogens with zero attached hydrogens (tertiary/aromatic N) is 1. The minimum atomic E-state index is -0.596. The zero-order chi connectivity index (χ0) is 20.5. The number of carbonyl (C=O) groups excluding carboxylic acids is 2. The Morgan fingerprint density at radius 1 is 0.897 bits per heavy atom. The Morgan fingerprint density at radius 2 is 1.55 bits per heavy atom. The lowest BCUT2D eigenvalue weighted by Gasteiger charge is -2.34. The highest BCUT2D eigenvalue weighted by Crippen LogP contribution is 2.28. The number of para-hydroxylation sites is 3. The minimum absolute atomic E-state index is 0.141. The van der Waals surface area contributed by atoms with Gasteiger partial charge in [0.25, 0.3) is 5.91 Å². The van der Waals surface area contributed by atoms with Crippen LogP contribution in [0.25, 0.3) is 0 Å². The molecule has 0 heterocycles. The quantitative estimate of drug-likeness (QED) is 0.631. The maximum atomic E-state index is 12.9. The van der Waals surface area contributed by atoms with Crippen molar-refractivity contribution >= 4 is 17.6 Å². The highest BCUT2D eigenvalue weighted by Gasteiger charge is 2.27. The van der Waals surface area contributed by atoms with Crippen LogP contribution in [0.15, 0.2) is 54.6 Å². The van der Waals surface area contributed by atoms with Crippen LogP contribution in [0.1, 0.15) is 32.1 Å². The Hall–Kier alpha value is -3.02. The summed E-state index contributed by atoms with van der Waals surface area (Å²) in [4.78, 5) is 26.8. The van der Waals surface area contributed by atoms with Gasteiger partial charge in [-0.3, -0.25) is 4.79 Å². The molecule has 0 bridgehead atoms. The van der Waals surface area contributed by atoms with E-state index in [0.717, 1.165) is 31.4 Å². The Bertz CT molecular complexity index is 802. The second-order valence-electron chi connectivity index (χ2n) is 6.99. The Kier molecular flexibility index (Phi) is 7.50. The Morgan fingerprint density at radius 3 is 2.24 bits per heavy atom. The molecule has 3 rings (SSSR count). The van der Waals surface area contributed by atoms with Crippen molar-refractivity contribution < 1.29 is 23.8 Å². The van der Waals surface area contributed by atoms with Gasteiger partial charge in [0.05, 0.1) is 7.11 Å². The van der Waals surface area contributed by atoms with Gasteiger partial charge in [0.15, 0.2) is 24.7 Å². The van der Waals surface area contributed by atoms with E-state index in [1.165, 1.54) is 13.5 Å². The molecule has 6 nitrogen and oxygen atoms in total. The van der Waals surface area contributed by atoms with Crippen molar-refractivity contribution in [3.63, 3.8) is 0 Å². The summed E-state index contributed by atoms with van der Waals surface area (Å²) in [6.07, 6.45) is 5.33. The molecule has 0 radical (unpaired) electrons. The number of anilines is 1. The van der Waals surface area contributed by atoms with Crippen molar-refractivity contribution in [2.24, 2.45) is 0 Å². The molecule has 0 saturated heterocycles. The number of hydrogen-bond donors (Lipinski definition) is 0. The maximum absolute atomic E-state index is 12.9. The first-order valence-electron chi connectivity index (χ1n) is 9.97. The third-order valence-electron chi connectivity index (χ3n) is 5.01. The molecule has 2 aromatic carbocycles. The van der Waals surface area contributed by atoms with Crippen molar-refractivity contribution in [3.05, 3.63) is 54.6 Å². The predicted molar refractivity (Wildman–Crippen MR) is 110 cm³/mol. The normalized spacial score (nSPS) is 14.1. The monoisotopic (exact) mass is 397 g/mol. The molecule has 29 heavy (non-hydrogen) atoms. The molecule has 1 saturated carbocycles. The molecule has 1 amide bonds. The van der Waals surface area contributed by atoms with Gasteiger partial charge in [0.1, 0.15) is 0 Å². The first-order chi connectivity index (χ1) is 14.2. The molecule has 0 unspecified atom stereocenters. The zero-order valence-electron chi connectivity index (χ0n) is 16.7. The van der Waals surface area contributed by atoms with E-state index in [0.29, 0.717) is 11.5 Å². The highest BCUT2D eigenvalue weighted by atomic mass is 16.6. The predicted octanol–water partition coefficient (Wildman–Crippen LogP) is 3.98.